The van der Waals surface area contributed by atoms with Gasteiger partial charge in [0.15, 0.2) is 10.7 Å². The van der Waals surface area contributed by atoms with E-state index in [9.17, 15) is 9.59 Å². The quantitative estimate of drug-likeness (QED) is 0.572. The molecule has 10 nitrogen and oxygen atoms in total. The van der Waals surface area contributed by atoms with Gasteiger partial charge in [-0.05, 0) is 36.4 Å². The number of rotatable bonds is 6. The van der Waals surface area contributed by atoms with Crippen LogP contribution in [0.2, 0.25) is 0 Å². The Hall–Kier alpha value is -3.86. The topological polar surface area (TPSA) is 109 Å². The van der Waals surface area contributed by atoms with Crippen molar-refractivity contribution >= 4 is 39.8 Å². The van der Waals surface area contributed by atoms with Crippen LogP contribution in [0.1, 0.15) is 10.5 Å². The van der Waals surface area contributed by atoms with Gasteiger partial charge in [-0.25, -0.2) is 4.79 Å². The first kappa shape index (κ1) is 22.3. The molecule has 1 aliphatic heterocycles. The summed E-state index contributed by atoms with van der Waals surface area (Å²) in [6.45, 7) is 2.49. The van der Waals surface area contributed by atoms with Crippen LogP contribution in [0.5, 0.6) is 11.5 Å². The van der Waals surface area contributed by atoms with Crippen molar-refractivity contribution in [2.24, 2.45) is 0 Å². The first-order valence-corrected chi connectivity index (χ1v) is 11.1. The Kier molecular flexibility index (Phi) is 6.89. The third kappa shape index (κ3) is 5.14. The van der Waals surface area contributed by atoms with E-state index in [0.717, 1.165) is 23.0 Å². The van der Waals surface area contributed by atoms with Crippen LogP contribution in [-0.4, -0.2) is 66.8 Å². The fraction of sp³-hybridized carbons (Fsp3) is 0.273. The molecule has 3 amide bonds. The molecule has 0 unspecified atom stereocenters. The molecule has 4 rings (SSSR count). The Bertz CT molecular complexity index is 1110. The predicted octanol–water partition coefficient (Wildman–Crippen LogP) is 3.16. The highest BCUT2D eigenvalue weighted by Gasteiger charge is 2.25. The van der Waals surface area contributed by atoms with Gasteiger partial charge in [-0.15, -0.1) is 5.10 Å². The molecule has 0 radical (unpaired) electrons. The molecule has 11 heteroatoms. The second-order valence-corrected chi connectivity index (χ2v) is 7.96. The normalized spacial score (nSPS) is 13.4. The molecular formula is C22H24N6O4S. The maximum atomic E-state index is 12.8. The Morgan fingerprint density at radius 1 is 0.939 bits per heavy atom. The molecule has 0 atom stereocenters. The maximum Gasteiger partial charge on any atom is 0.322 e. The Labute approximate surface area is 195 Å². The summed E-state index contributed by atoms with van der Waals surface area (Å²) in [6.07, 6.45) is 0. The number of carbonyl (C=O) groups is 2. The van der Waals surface area contributed by atoms with Crippen LogP contribution < -0.4 is 25.0 Å². The van der Waals surface area contributed by atoms with Crippen molar-refractivity contribution in [3.8, 4) is 11.5 Å². The molecule has 0 aliphatic carbocycles. The van der Waals surface area contributed by atoms with Crippen LogP contribution >= 0.6 is 11.5 Å². The van der Waals surface area contributed by atoms with E-state index in [1.807, 2.05) is 24.3 Å². The summed E-state index contributed by atoms with van der Waals surface area (Å²) in [7, 11) is 3.16. The van der Waals surface area contributed by atoms with Crippen molar-refractivity contribution in [3.63, 3.8) is 0 Å². The van der Waals surface area contributed by atoms with E-state index in [2.05, 4.69) is 25.1 Å². The number of methoxy groups -OCH3 is 2. The lowest BCUT2D eigenvalue weighted by Crippen LogP contribution is -2.50. The van der Waals surface area contributed by atoms with E-state index in [1.165, 1.54) is 7.11 Å². The van der Waals surface area contributed by atoms with Crippen LogP contribution in [0.15, 0.2) is 48.5 Å². The van der Waals surface area contributed by atoms with Gasteiger partial charge in [0.1, 0.15) is 11.5 Å². The summed E-state index contributed by atoms with van der Waals surface area (Å²) >= 11 is 0.958. The van der Waals surface area contributed by atoms with Crippen molar-refractivity contribution in [2.45, 2.75) is 0 Å². The lowest BCUT2D eigenvalue weighted by atomic mass is 10.2. The highest BCUT2D eigenvalue weighted by Crippen LogP contribution is 2.26. The number of hydrogen-bond acceptors (Lipinski definition) is 8. The number of aromatic nitrogens is 2. The number of nitrogens with one attached hydrogen (secondary N) is 2. The smallest absolute Gasteiger partial charge is 0.322 e. The van der Waals surface area contributed by atoms with Crippen molar-refractivity contribution in [3.05, 3.63) is 54.2 Å². The number of amides is 3. The van der Waals surface area contributed by atoms with Crippen molar-refractivity contribution in [1.29, 1.82) is 0 Å². The summed E-state index contributed by atoms with van der Waals surface area (Å²) in [5.41, 5.74) is 1.64. The summed E-state index contributed by atoms with van der Waals surface area (Å²) < 4.78 is 14.3. The molecule has 2 heterocycles. The predicted molar refractivity (Wildman–Crippen MR) is 127 cm³/mol. The van der Waals surface area contributed by atoms with Crippen LogP contribution in [0.25, 0.3) is 0 Å². The second kappa shape index (κ2) is 10.2. The van der Waals surface area contributed by atoms with Gasteiger partial charge >= 0.3 is 6.03 Å². The number of para-hydroxylation sites is 2. The fourth-order valence-corrected chi connectivity index (χ4v) is 4.04. The van der Waals surface area contributed by atoms with Gasteiger partial charge in [0.25, 0.3) is 5.91 Å². The molecule has 172 valence electrons. The number of nitrogens with zero attached hydrogens (tertiary/aromatic N) is 4. The summed E-state index contributed by atoms with van der Waals surface area (Å²) in [4.78, 5) is 29.5. The third-order valence-electron chi connectivity index (χ3n) is 5.28. The van der Waals surface area contributed by atoms with Crippen LogP contribution in [0, 0.1) is 0 Å². The number of ether oxygens (including phenoxy) is 2. The number of benzene rings is 2. The van der Waals surface area contributed by atoms with Crippen molar-refractivity contribution in [1.82, 2.24) is 14.5 Å². The molecule has 0 saturated carbocycles. The lowest BCUT2D eigenvalue weighted by Gasteiger charge is -2.36. The first-order chi connectivity index (χ1) is 16.1. The number of anilines is 3. The highest BCUT2D eigenvalue weighted by molar-refractivity contribution is 7.10. The molecule has 1 aliphatic rings. The molecule has 0 bridgehead atoms. The highest BCUT2D eigenvalue weighted by atomic mass is 32.1. The van der Waals surface area contributed by atoms with Gasteiger partial charge in [0, 0.05) is 43.4 Å². The maximum absolute atomic E-state index is 12.8. The standard InChI is InChI=1S/C22H24N6O4S/c1-31-16-9-7-15(8-10-16)27-11-13-28(14-12-27)22(30)24-21-19(25-26-33-21)20(29)23-17-5-3-4-6-18(17)32-2/h3-10H,11-14H2,1-2H3,(H,23,29)(H,24,30). The minimum absolute atomic E-state index is 0.0520. The van der Waals surface area contributed by atoms with Crippen LogP contribution in [-0.2, 0) is 0 Å². The number of urea groups is 1. The van der Waals surface area contributed by atoms with E-state index in [1.54, 1.807) is 36.3 Å². The first-order valence-electron chi connectivity index (χ1n) is 10.3. The van der Waals surface area contributed by atoms with Crippen LogP contribution in [0.3, 0.4) is 0 Å². The minimum Gasteiger partial charge on any atom is -0.497 e. The van der Waals surface area contributed by atoms with Gasteiger partial charge in [-0.1, -0.05) is 16.6 Å². The molecule has 1 saturated heterocycles. The SMILES string of the molecule is COc1ccc(N2CCN(C(=O)Nc3snnc3C(=O)Nc3ccccc3OC)CC2)cc1. The zero-order valence-corrected chi connectivity index (χ0v) is 19.1. The van der Waals surface area contributed by atoms with E-state index in [-0.39, 0.29) is 11.7 Å². The molecular weight excluding hydrogens is 444 g/mol. The number of hydrogen-bond donors (Lipinski definition) is 2. The molecule has 1 aromatic heterocycles. The van der Waals surface area contributed by atoms with Gasteiger partial charge in [0.2, 0.25) is 0 Å². The van der Waals surface area contributed by atoms with E-state index < -0.39 is 5.91 Å². The average molecular weight is 469 g/mol. The van der Waals surface area contributed by atoms with Gasteiger partial charge in [-0.3, -0.25) is 10.1 Å². The monoisotopic (exact) mass is 468 g/mol. The van der Waals surface area contributed by atoms with E-state index >= 15 is 0 Å². The number of piperazine rings is 1. The van der Waals surface area contributed by atoms with Gasteiger partial charge < -0.3 is 24.6 Å². The lowest BCUT2D eigenvalue weighted by molar-refractivity contribution is 0.102. The summed E-state index contributed by atoms with van der Waals surface area (Å²) in [6, 6.07) is 14.6. The van der Waals surface area contributed by atoms with Gasteiger partial charge in [-0.2, -0.15) is 0 Å². The van der Waals surface area contributed by atoms with E-state index in [4.69, 9.17) is 9.47 Å². The van der Waals surface area contributed by atoms with Crippen LogP contribution in [0.4, 0.5) is 21.2 Å². The molecule has 2 aromatic carbocycles. The summed E-state index contributed by atoms with van der Waals surface area (Å²) in [5.74, 6) is 0.850. The zero-order valence-electron chi connectivity index (χ0n) is 18.3. The molecule has 33 heavy (non-hydrogen) atoms. The third-order valence-corrected chi connectivity index (χ3v) is 5.92. The zero-order chi connectivity index (χ0) is 23.2. The number of carbonyl (C=O) groups excluding carboxylic acids is 2. The Balaban J connectivity index is 1.35. The average Bonchev–Trinajstić information content (AvgIpc) is 3.32. The molecule has 2 N–H and O–H groups in total. The second-order valence-electron chi connectivity index (χ2n) is 7.21. The van der Waals surface area contributed by atoms with Crippen molar-refractivity contribution < 1.29 is 19.1 Å². The molecule has 3 aromatic rings. The Morgan fingerprint density at radius 3 is 2.36 bits per heavy atom. The van der Waals surface area contributed by atoms with Gasteiger partial charge in [0.05, 0.1) is 19.9 Å². The molecule has 1 fully saturated rings. The Morgan fingerprint density at radius 2 is 1.67 bits per heavy atom. The molecule has 0 spiro atoms. The van der Waals surface area contributed by atoms with Crippen molar-refractivity contribution in [2.75, 3.05) is 55.9 Å². The largest absolute Gasteiger partial charge is 0.497 e. The van der Waals surface area contributed by atoms with E-state index in [0.29, 0.717) is 42.6 Å². The fourth-order valence-electron chi connectivity index (χ4n) is 3.49. The minimum atomic E-state index is -0.479. The summed E-state index contributed by atoms with van der Waals surface area (Å²) in [5, 5.41) is 9.72.